The van der Waals surface area contributed by atoms with Crippen LogP contribution in [0.3, 0.4) is 0 Å². The van der Waals surface area contributed by atoms with Gasteiger partial charge in [-0.2, -0.15) is 0 Å². The van der Waals surface area contributed by atoms with Crippen molar-refractivity contribution in [3.63, 3.8) is 0 Å². The predicted octanol–water partition coefficient (Wildman–Crippen LogP) is 3.34. The van der Waals surface area contributed by atoms with Gasteiger partial charge < -0.3 is 15.2 Å². The Labute approximate surface area is 151 Å². The highest BCUT2D eigenvalue weighted by Crippen LogP contribution is 2.68. The maximum atomic E-state index is 11.9. The van der Waals surface area contributed by atoms with Crippen LogP contribution in [0, 0.1) is 16.7 Å². The van der Waals surface area contributed by atoms with E-state index in [2.05, 4.69) is 0 Å². The highest BCUT2D eigenvalue weighted by atomic mass is 16.5. The topological polar surface area (TPSA) is 78.6 Å². The van der Waals surface area contributed by atoms with Crippen LogP contribution in [0.25, 0.3) is 0 Å². The molecule has 0 aromatic carbocycles. The molecule has 0 saturated heterocycles. The second-order valence-electron chi connectivity index (χ2n) is 8.98. The van der Waals surface area contributed by atoms with E-state index in [1.54, 1.807) is 0 Å². The van der Waals surface area contributed by atoms with Gasteiger partial charge in [0, 0.05) is 18.4 Å². The first kappa shape index (κ1) is 18.7. The van der Waals surface area contributed by atoms with Crippen LogP contribution in [-0.2, 0) is 19.1 Å². The van der Waals surface area contributed by atoms with E-state index < -0.39 is 0 Å². The Morgan fingerprint density at radius 2 is 1.36 bits per heavy atom. The molecule has 2 atom stereocenters. The van der Waals surface area contributed by atoms with E-state index in [9.17, 15) is 9.59 Å². The number of rotatable bonds is 8. The average Bonchev–Trinajstić information content (AvgIpc) is 2.50. The lowest BCUT2D eigenvalue weighted by Gasteiger charge is -2.66. The molecule has 2 unspecified atom stereocenters. The van der Waals surface area contributed by atoms with Crippen molar-refractivity contribution in [3.05, 3.63) is 0 Å². The summed E-state index contributed by atoms with van der Waals surface area (Å²) < 4.78 is 10.3. The Morgan fingerprint density at radius 1 is 0.880 bits per heavy atom. The van der Waals surface area contributed by atoms with E-state index in [0.717, 1.165) is 38.5 Å². The summed E-state index contributed by atoms with van der Waals surface area (Å²) in [5, 5.41) is 0. The van der Waals surface area contributed by atoms with Gasteiger partial charge in [0.2, 0.25) is 0 Å². The van der Waals surface area contributed by atoms with E-state index in [1.165, 1.54) is 12.8 Å². The van der Waals surface area contributed by atoms with E-state index in [4.69, 9.17) is 15.2 Å². The molecule has 0 spiro atoms. The molecule has 0 aromatic rings. The minimum Gasteiger partial charge on any atom is -0.466 e. The van der Waals surface area contributed by atoms with Crippen molar-refractivity contribution in [2.75, 3.05) is 13.2 Å². The van der Waals surface area contributed by atoms with Crippen molar-refractivity contribution < 1.29 is 19.1 Å². The first-order valence-corrected chi connectivity index (χ1v) is 9.92. The number of ether oxygens (including phenoxy) is 2. The monoisotopic (exact) mass is 351 g/mol. The quantitative estimate of drug-likeness (QED) is 0.679. The lowest BCUT2D eigenvalue weighted by atomic mass is 9.40. The van der Waals surface area contributed by atoms with E-state index in [0.29, 0.717) is 32.0 Å². The van der Waals surface area contributed by atoms with Crippen LogP contribution in [0.1, 0.15) is 78.1 Å². The molecule has 4 aliphatic carbocycles. The Kier molecular flexibility index (Phi) is 5.16. The molecule has 5 heteroatoms. The first-order chi connectivity index (χ1) is 11.8. The predicted molar refractivity (Wildman–Crippen MR) is 94.7 cm³/mol. The number of hydrogen-bond donors (Lipinski definition) is 1. The molecule has 0 aliphatic heterocycles. The van der Waals surface area contributed by atoms with Crippen molar-refractivity contribution in [1.82, 2.24) is 0 Å². The fraction of sp³-hybridized carbons (Fsp3) is 0.900. The van der Waals surface area contributed by atoms with Crippen LogP contribution in [0.4, 0.5) is 0 Å². The molecule has 5 nitrogen and oxygen atoms in total. The molecule has 25 heavy (non-hydrogen) atoms. The number of esters is 2. The summed E-state index contributed by atoms with van der Waals surface area (Å²) in [4.78, 5) is 23.7. The summed E-state index contributed by atoms with van der Waals surface area (Å²) >= 11 is 0. The summed E-state index contributed by atoms with van der Waals surface area (Å²) in [7, 11) is 0. The highest BCUT2D eigenvalue weighted by Gasteiger charge is 2.61. The van der Waals surface area contributed by atoms with Gasteiger partial charge in [0.25, 0.3) is 0 Å². The van der Waals surface area contributed by atoms with Crippen molar-refractivity contribution >= 4 is 11.9 Å². The largest absolute Gasteiger partial charge is 0.466 e. The molecule has 0 aromatic heterocycles. The maximum absolute atomic E-state index is 11.9. The van der Waals surface area contributed by atoms with Gasteiger partial charge in [0.15, 0.2) is 0 Å². The Hall–Kier alpha value is -1.10. The molecule has 4 saturated carbocycles. The molecule has 4 fully saturated rings. The maximum Gasteiger partial charge on any atom is 0.305 e. The molecule has 4 aliphatic rings. The molecule has 0 amide bonds. The van der Waals surface area contributed by atoms with Gasteiger partial charge in [0.1, 0.15) is 0 Å². The molecule has 4 rings (SSSR count). The van der Waals surface area contributed by atoms with Crippen LogP contribution in [0.2, 0.25) is 0 Å². The van der Waals surface area contributed by atoms with Gasteiger partial charge in [-0.3, -0.25) is 9.59 Å². The zero-order chi connectivity index (χ0) is 18.1. The molecule has 2 N–H and O–H groups in total. The fourth-order valence-corrected chi connectivity index (χ4v) is 6.68. The lowest BCUT2D eigenvalue weighted by Crippen LogP contribution is -2.63. The first-order valence-electron chi connectivity index (χ1n) is 9.92. The van der Waals surface area contributed by atoms with Crippen molar-refractivity contribution in [2.24, 2.45) is 22.5 Å². The standard InChI is InChI=1S/C20H33NO4/c1-3-24-16(22)5-7-18-9-15-10-19(12-18,8-6-17(23)25-4-2)14-20(21,11-15)13-18/h15H,3-14,21H2,1-2H3. The third-order valence-electron chi connectivity index (χ3n) is 6.67. The van der Waals surface area contributed by atoms with Crippen LogP contribution in [0.5, 0.6) is 0 Å². The zero-order valence-electron chi connectivity index (χ0n) is 15.8. The van der Waals surface area contributed by atoms with Gasteiger partial charge in [-0.05, 0) is 82.0 Å². The third kappa shape index (κ3) is 4.02. The lowest BCUT2D eigenvalue weighted by molar-refractivity contribution is -0.154. The molecule has 0 radical (unpaired) electrons. The summed E-state index contributed by atoms with van der Waals surface area (Å²) in [5.41, 5.74) is 7.01. The van der Waals surface area contributed by atoms with E-state index in [-0.39, 0.29) is 28.3 Å². The van der Waals surface area contributed by atoms with Crippen LogP contribution >= 0.6 is 0 Å². The summed E-state index contributed by atoms with van der Waals surface area (Å²) in [5.74, 6) is 0.459. The minimum absolute atomic E-state index is 0.0927. The highest BCUT2D eigenvalue weighted by molar-refractivity contribution is 5.69. The van der Waals surface area contributed by atoms with Crippen LogP contribution in [0.15, 0.2) is 0 Å². The van der Waals surface area contributed by atoms with Gasteiger partial charge in [-0.1, -0.05) is 0 Å². The van der Waals surface area contributed by atoms with Crippen molar-refractivity contribution in [1.29, 1.82) is 0 Å². The summed E-state index contributed by atoms with van der Waals surface area (Å²) in [6.07, 6.45) is 9.37. The Bertz CT molecular complexity index is 494. The third-order valence-corrected chi connectivity index (χ3v) is 6.67. The van der Waals surface area contributed by atoms with Crippen LogP contribution in [-0.4, -0.2) is 30.7 Å². The van der Waals surface area contributed by atoms with Crippen molar-refractivity contribution in [3.8, 4) is 0 Å². The van der Waals surface area contributed by atoms with E-state index >= 15 is 0 Å². The Morgan fingerprint density at radius 3 is 1.76 bits per heavy atom. The van der Waals surface area contributed by atoms with Gasteiger partial charge in [0.05, 0.1) is 13.2 Å². The fourth-order valence-electron chi connectivity index (χ4n) is 6.68. The molecular weight excluding hydrogens is 318 g/mol. The summed E-state index contributed by atoms with van der Waals surface area (Å²) in [6, 6.07) is 0. The van der Waals surface area contributed by atoms with Gasteiger partial charge in [-0.15, -0.1) is 0 Å². The van der Waals surface area contributed by atoms with Gasteiger partial charge in [-0.25, -0.2) is 0 Å². The molecule has 4 bridgehead atoms. The average molecular weight is 351 g/mol. The summed E-state index contributed by atoms with van der Waals surface area (Å²) in [6.45, 7) is 4.58. The number of carbonyl (C=O) groups is 2. The normalized spacial score (nSPS) is 38.6. The van der Waals surface area contributed by atoms with Crippen molar-refractivity contribution in [2.45, 2.75) is 83.6 Å². The Balaban J connectivity index is 1.69. The van der Waals surface area contributed by atoms with Crippen LogP contribution < -0.4 is 5.73 Å². The zero-order valence-corrected chi connectivity index (χ0v) is 15.8. The SMILES string of the molecule is CCOC(=O)CCC12CC3CC(N)(C1)CC(CCC(=O)OCC)(C3)C2. The number of carbonyl (C=O) groups excluding carboxylic acids is 2. The molecule has 0 heterocycles. The second-order valence-corrected chi connectivity index (χ2v) is 8.98. The second kappa shape index (κ2) is 6.90. The van der Waals surface area contributed by atoms with Gasteiger partial charge >= 0.3 is 11.9 Å². The number of nitrogens with two attached hydrogens (primary N) is 1. The minimum atomic E-state index is -0.108. The van der Waals surface area contributed by atoms with E-state index in [1.807, 2.05) is 13.8 Å². The molecule has 142 valence electrons. The smallest absolute Gasteiger partial charge is 0.305 e. The molecular formula is C20H33NO4. The number of hydrogen-bond acceptors (Lipinski definition) is 5.